The quantitative estimate of drug-likeness (QED) is 0.910. The van der Waals surface area contributed by atoms with Crippen LogP contribution in [0.3, 0.4) is 0 Å². The third-order valence-corrected chi connectivity index (χ3v) is 4.07. The number of fused-ring (bicyclic) bond motifs is 1. The third kappa shape index (κ3) is 3.25. The van der Waals surface area contributed by atoms with Gasteiger partial charge < -0.3 is 5.32 Å². The highest BCUT2D eigenvalue weighted by molar-refractivity contribution is 5.37. The molecule has 108 valence electrons. The minimum absolute atomic E-state index is 0.0319. The predicted octanol–water partition coefficient (Wildman–Crippen LogP) is 2.47. The zero-order valence-electron chi connectivity index (χ0n) is 12.7. The molecule has 1 N–H and O–H groups in total. The molecule has 20 heavy (non-hydrogen) atoms. The van der Waals surface area contributed by atoms with Crippen LogP contribution in [0, 0.1) is 11.3 Å². The van der Waals surface area contributed by atoms with Gasteiger partial charge in [-0.2, -0.15) is 0 Å². The summed E-state index contributed by atoms with van der Waals surface area (Å²) in [4.78, 5) is 16.5. The van der Waals surface area contributed by atoms with Crippen LogP contribution in [0.4, 0.5) is 0 Å². The Morgan fingerprint density at radius 2 is 2.10 bits per heavy atom. The number of rotatable bonds is 5. The van der Waals surface area contributed by atoms with Crippen molar-refractivity contribution in [3.05, 3.63) is 46.5 Å². The van der Waals surface area contributed by atoms with E-state index < -0.39 is 0 Å². The summed E-state index contributed by atoms with van der Waals surface area (Å²) in [5.74, 6) is 0.602. The van der Waals surface area contributed by atoms with E-state index in [1.54, 1.807) is 16.7 Å². The Morgan fingerprint density at radius 1 is 1.35 bits per heavy atom. The van der Waals surface area contributed by atoms with Crippen LogP contribution in [0.15, 0.2) is 35.3 Å². The number of nitrogens with one attached hydrogen (secondary N) is 1. The monoisotopic (exact) mass is 273 g/mol. The maximum absolute atomic E-state index is 12.0. The summed E-state index contributed by atoms with van der Waals surface area (Å²) >= 11 is 0. The van der Waals surface area contributed by atoms with E-state index in [1.807, 2.05) is 18.2 Å². The van der Waals surface area contributed by atoms with Crippen molar-refractivity contribution in [1.29, 1.82) is 0 Å². The van der Waals surface area contributed by atoms with Crippen molar-refractivity contribution in [3.63, 3.8) is 0 Å². The minimum atomic E-state index is -0.0319. The van der Waals surface area contributed by atoms with E-state index in [9.17, 15) is 4.79 Å². The van der Waals surface area contributed by atoms with Crippen LogP contribution < -0.4 is 10.9 Å². The van der Waals surface area contributed by atoms with Crippen LogP contribution >= 0.6 is 0 Å². The van der Waals surface area contributed by atoms with Crippen LogP contribution in [0.2, 0.25) is 0 Å². The number of hydrogen-bond donors (Lipinski definition) is 1. The molecule has 0 aliphatic carbocycles. The molecule has 0 aliphatic rings. The minimum Gasteiger partial charge on any atom is -0.311 e. The molecular weight excluding hydrogens is 250 g/mol. The maximum Gasteiger partial charge on any atom is 0.258 e. The molecule has 0 aromatic carbocycles. The molecule has 0 saturated heterocycles. The van der Waals surface area contributed by atoms with Crippen LogP contribution in [-0.4, -0.2) is 15.9 Å². The van der Waals surface area contributed by atoms with Gasteiger partial charge in [0.2, 0.25) is 0 Å². The standard InChI is InChI=1S/C16H23N3O/c1-12(2)16(3,4)11-17-10-13-9-15(20)19-8-6-5-7-14(19)18-13/h5-9,12,17H,10-11H2,1-4H3. The summed E-state index contributed by atoms with van der Waals surface area (Å²) in [5, 5.41) is 3.40. The van der Waals surface area contributed by atoms with Gasteiger partial charge in [-0.05, 0) is 23.5 Å². The second kappa shape index (κ2) is 5.75. The van der Waals surface area contributed by atoms with Crippen molar-refractivity contribution in [3.8, 4) is 0 Å². The first kappa shape index (κ1) is 14.7. The van der Waals surface area contributed by atoms with E-state index >= 15 is 0 Å². The smallest absolute Gasteiger partial charge is 0.258 e. The van der Waals surface area contributed by atoms with Crippen LogP contribution in [0.5, 0.6) is 0 Å². The highest BCUT2D eigenvalue weighted by atomic mass is 16.1. The Hall–Kier alpha value is -1.68. The normalized spacial score (nSPS) is 12.2. The molecule has 2 aromatic rings. The number of pyridine rings is 1. The Kier molecular flexibility index (Phi) is 4.23. The van der Waals surface area contributed by atoms with Crippen LogP contribution in [0.1, 0.15) is 33.4 Å². The predicted molar refractivity (Wildman–Crippen MR) is 81.8 cm³/mol. The van der Waals surface area contributed by atoms with Gasteiger partial charge in [-0.25, -0.2) is 4.98 Å². The summed E-state index contributed by atoms with van der Waals surface area (Å²) < 4.78 is 1.56. The van der Waals surface area contributed by atoms with Gasteiger partial charge >= 0.3 is 0 Å². The fourth-order valence-corrected chi connectivity index (χ4v) is 1.91. The molecular formula is C16H23N3O. The van der Waals surface area contributed by atoms with Gasteiger partial charge in [0.1, 0.15) is 5.65 Å². The van der Waals surface area contributed by atoms with Gasteiger partial charge in [-0.15, -0.1) is 0 Å². The van der Waals surface area contributed by atoms with Crippen molar-refractivity contribution in [2.45, 2.75) is 34.2 Å². The highest BCUT2D eigenvalue weighted by Gasteiger charge is 2.21. The van der Waals surface area contributed by atoms with Crippen molar-refractivity contribution >= 4 is 5.65 Å². The van der Waals surface area contributed by atoms with Crippen molar-refractivity contribution in [2.75, 3.05) is 6.54 Å². The molecule has 0 aliphatic heterocycles. The molecule has 2 rings (SSSR count). The average Bonchev–Trinajstić information content (AvgIpc) is 2.38. The van der Waals surface area contributed by atoms with Gasteiger partial charge in [-0.1, -0.05) is 33.8 Å². The lowest BCUT2D eigenvalue weighted by atomic mass is 9.81. The lowest BCUT2D eigenvalue weighted by molar-refractivity contribution is 0.237. The topological polar surface area (TPSA) is 46.4 Å². The van der Waals surface area contributed by atoms with Crippen molar-refractivity contribution < 1.29 is 0 Å². The Bertz CT molecular complexity index is 643. The second-order valence-corrected chi connectivity index (χ2v) is 6.26. The van der Waals surface area contributed by atoms with Gasteiger partial charge in [0.25, 0.3) is 5.56 Å². The van der Waals surface area contributed by atoms with E-state index in [-0.39, 0.29) is 11.0 Å². The molecule has 0 amide bonds. The molecule has 0 spiro atoms. The van der Waals surface area contributed by atoms with E-state index in [0.717, 1.165) is 12.2 Å². The first-order valence-electron chi connectivity index (χ1n) is 7.08. The Morgan fingerprint density at radius 3 is 2.80 bits per heavy atom. The number of nitrogens with zero attached hydrogens (tertiary/aromatic N) is 2. The van der Waals surface area contributed by atoms with E-state index in [4.69, 9.17) is 0 Å². The van der Waals surface area contributed by atoms with Crippen molar-refractivity contribution in [2.24, 2.45) is 11.3 Å². The van der Waals surface area contributed by atoms with E-state index in [0.29, 0.717) is 18.1 Å². The fourth-order valence-electron chi connectivity index (χ4n) is 1.91. The Labute approximate surface area is 119 Å². The fraction of sp³-hybridized carbons (Fsp3) is 0.500. The van der Waals surface area contributed by atoms with Gasteiger partial charge in [-0.3, -0.25) is 9.20 Å². The summed E-state index contributed by atoms with van der Waals surface area (Å²) in [6.45, 7) is 10.5. The number of hydrogen-bond acceptors (Lipinski definition) is 3. The second-order valence-electron chi connectivity index (χ2n) is 6.26. The molecule has 0 atom stereocenters. The lowest BCUT2D eigenvalue weighted by Crippen LogP contribution is -2.33. The summed E-state index contributed by atoms with van der Waals surface area (Å²) in [6.07, 6.45) is 1.74. The summed E-state index contributed by atoms with van der Waals surface area (Å²) in [6, 6.07) is 7.17. The molecule has 0 bridgehead atoms. The molecule has 2 heterocycles. The molecule has 0 fully saturated rings. The lowest BCUT2D eigenvalue weighted by Gasteiger charge is -2.29. The van der Waals surface area contributed by atoms with Crippen molar-refractivity contribution in [1.82, 2.24) is 14.7 Å². The molecule has 0 radical (unpaired) electrons. The first-order chi connectivity index (χ1) is 9.40. The van der Waals surface area contributed by atoms with Gasteiger partial charge in [0, 0.05) is 25.4 Å². The molecule has 0 unspecified atom stereocenters. The summed E-state index contributed by atoms with van der Waals surface area (Å²) in [5.41, 5.74) is 1.68. The third-order valence-electron chi connectivity index (χ3n) is 4.07. The Balaban J connectivity index is 2.10. The first-order valence-corrected chi connectivity index (χ1v) is 7.08. The van der Waals surface area contributed by atoms with E-state index in [2.05, 4.69) is 38.0 Å². The SMILES string of the molecule is CC(C)C(C)(C)CNCc1cc(=O)n2ccccc2n1. The highest BCUT2D eigenvalue weighted by Crippen LogP contribution is 2.24. The molecule has 4 heteroatoms. The van der Waals surface area contributed by atoms with E-state index in [1.165, 1.54) is 0 Å². The summed E-state index contributed by atoms with van der Waals surface area (Å²) in [7, 11) is 0. The zero-order chi connectivity index (χ0) is 14.8. The largest absolute Gasteiger partial charge is 0.311 e. The molecule has 2 aromatic heterocycles. The van der Waals surface area contributed by atoms with Crippen LogP contribution in [-0.2, 0) is 6.54 Å². The molecule has 4 nitrogen and oxygen atoms in total. The molecule has 0 saturated carbocycles. The zero-order valence-corrected chi connectivity index (χ0v) is 12.7. The van der Waals surface area contributed by atoms with Gasteiger partial charge in [0.05, 0.1) is 5.69 Å². The average molecular weight is 273 g/mol. The maximum atomic E-state index is 12.0. The van der Waals surface area contributed by atoms with Crippen LogP contribution in [0.25, 0.3) is 5.65 Å². The van der Waals surface area contributed by atoms with Gasteiger partial charge in [0.15, 0.2) is 0 Å². The number of aromatic nitrogens is 2.